The molecule has 0 heterocycles. The lowest BCUT2D eigenvalue weighted by Crippen LogP contribution is -2.06. The SMILES string of the molecule is C/C=C/COc1cc(C(=O)O)ccc1OC(F)F. The van der Waals surface area contributed by atoms with Gasteiger partial charge in [-0.15, -0.1) is 0 Å². The number of hydrogen-bond acceptors (Lipinski definition) is 3. The van der Waals surface area contributed by atoms with Crippen LogP contribution in [0.3, 0.4) is 0 Å². The third kappa shape index (κ3) is 4.04. The Morgan fingerprint density at radius 1 is 1.44 bits per heavy atom. The molecule has 1 aromatic rings. The fourth-order valence-corrected chi connectivity index (χ4v) is 1.18. The first-order chi connectivity index (χ1) is 8.54. The number of carboxylic acids is 1. The lowest BCUT2D eigenvalue weighted by Gasteiger charge is -2.11. The third-order valence-corrected chi connectivity index (χ3v) is 1.98. The molecule has 0 spiro atoms. The van der Waals surface area contributed by atoms with Gasteiger partial charge in [-0.2, -0.15) is 8.78 Å². The van der Waals surface area contributed by atoms with Crippen molar-refractivity contribution < 1.29 is 28.2 Å². The number of rotatable bonds is 6. The van der Waals surface area contributed by atoms with Gasteiger partial charge in [0, 0.05) is 0 Å². The summed E-state index contributed by atoms with van der Waals surface area (Å²) in [5.41, 5.74) is -0.0629. The molecule has 0 fully saturated rings. The van der Waals surface area contributed by atoms with Crippen molar-refractivity contribution in [3.63, 3.8) is 0 Å². The topological polar surface area (TPSA) is 55.8 Å². The molecule has 0 radical (unpaired) electrons. The van der Waals surface area contributed by atoms with E-state index in [1.807, 2.05) is 0 Å². The van der Waals surface area contributed by atoms with Crippen LogP contribution in [0.1, 0.15) is 17.3 Å². The van der Waals surface area contributed by atoms with Crippen LogP contribution in [0.25, 0.3) is 0 Å². The predicted molar refractivity (Wildman–Crippen MR) is 60.3 cm³/mol. The van der Waals surface area contributed by atoms with Gasteiger partial charge in [0.05, 0.1) is 5.56 Å². The summed E-state index contributed by atoms with van der Waals surface area (Å²) in [5.74, 6) is -1.40. The quantitative estimate of drug-likeness (QED) is 0.797. The van der Waals surface area contributed by atoms with Crippen LogP contribution in [-0.2, 0) is 0 Å². The normalized spacial score (nSPS) is 10.9. The van der Waals surface area contributed by atoms with Gasteiger partial charge in [0.1, 0.15) is 6.61 Å². The highest BCUT2D eigenvalue weighted by molar-refractivity contribution is 5.88. The van der Waals surface area contributed by atoms with E-state index in [0.717, 1.165) is 12.1 Å². The average Bonchev–Trinajstić information content (AvgIpc) is 2.30. The minimum Gasteiger partial charge on any atom is -0.486 e. The number of ether oxygens (including phenoxy) is 2. The minimum absolute atomic E-state index is 0.0340. The first-order valence-electron chi connectivity index (χ1n) is 5.10. The van der Waals surface area contributed by atoms with E-state index in [-0.39, 0.29) is 23.7 Å². The number of allylic oxidation sites excluding steroid dienone is 1. The van der Waals surface area contributed by atoms with Crippen LogP contribution in [0.15, 0.2) is 30.4 Å². The fraction of sp³-hybridized carbons (Fsp3) is 0.250. The van der Waals surface area contributed by atoms with Crippen molar-refractivity contribution in [1.82, 2.24) is 0 Å². The largest absolute Gasteiger partial charge is 0.486 e. The molecule has 0 aromatic heterocycles. The molecule has 0 aliphatic heterocycles. The molecule has 0 aliphatic carbocycles. The van der Waals surface area contributed by atoms with E-state index in [9.17, 15) is 13.6 Å². The van der Waals surface area contributed by atoms with E-state index >= 15 is 0 Å². The maximum Gasteiger partial charge on any atom is 0.387 e. The first-order valence-corrected chi connectivity index (χ1v) is 5.10. The van der Waals surface area contributed by atoms with E-state index < -0.39 is 12.6 Å². The Morgan fingerprint density at radius 3 is 2.72 bits per heavy atom. The van der Waals surface area contributed by atoms with Gasteiger partial charge in [-0.3, -0.25) is 0 Å². The molecule has 0 atom stereocenters. The summed E-state index contributed by atoms with van der Waals surface area (Å²) in [7, 11) is 0. The smallest absolute Gasteiger partial charge is 0.387 e. The average molecular weight is 258 g/mol. The maximum absolute atomic E-state index is 12.1. The highest BCUT2D eigenvalue weighted by Gasteiger charge is 2.13. The first kappa shape index (κ1) is 14.0. The molecule has 98 valence electrons. The van der Waals surface area contributed by atoms with E-state index in [0.29, 0.717) is 0 Å². The molecule has 1 N–H and O–H groups in total. The number of carboxylic acid groups (broad SMARTS) is 1. The summed E-state index contributed by atoms with van der Waals surface area (Å²) in [5, 5.41) is 8.80. The molecule has 0 aliphatic rings. The maximum atomic E-state index is 12.1. The van der Waals surface area contributed by atoms with E-state index in [2.05, 4.69) is 4.74 Å². The molecule has 18 heavy (non-hydrogen) atoms. The Kier molecular flexibility index (Phi) is 5.10. The van der Waals surface area contributed by atoms with Gasteiger partial charge < -0.3 is 14.6 Å². The van der Waals surface area contributed by atoms with Gasteiger partial charge in [0.25, 0.3) is 0 Å². The standard InChI is InChI=1S/C12H12F2O4/c1-2-3-6-17-10-7-8(11(15)16)4-5-9(10)18-12(13)14/h2-5,7,12H,6H2,1H3,(H,15,16)/b3-2+. The lowest BCUT2D eigenvalue weighted by atomic mass is 10.2. The van der Waals surface area contributed by atoms with Gasteiger partial charge >= 0.3 is 12.6 Å². The second-order valence-electron chi connectivity index (χ2n) is 3.23. The van der Waals surface area contributed by atoms with Gasteiger partial charge in [0.2, 0.25) is 0 Å². The Bertz CT molecular complexity index is 444. The van der Waals surface area contributed by atoms with E-state index in [1.165, 1.54) is 6.07 Å². The summed E-state index contributed by atoms with van der Waals surface area (Å²) < 4.78 is 33.7. The zero-order valence-corrected chi connectivity index (χ0v) is 9.60. The highest BCUT2D eigenvalue weighted by atomic mass is 19.3. The number of alkyl halides is 2. The Labute approximate surface area is 102 Å². The van der Waals surface area contributed by atoms with Crippen molar-refractivity contribution in [3.8, 4) is 11.5 Å². The monoisotopic (exact) mass is 258 g/mol. The molecular weight excluding hydrogens is 246 g/mol. The Morgan fingerprint density at radius 2 is 2.17 bits per heavy atom. The summed E-state index contributed by atoms with van der Waals surface area (Å²) in [6, 6.07) is 3.45. The van der Waals surface area contributed by atoms with E-state index in [4.69, 9.17) is 9.84 Å². The number of benzene rings is 1. The van der Waals surface area contributed by atoms with Crippen LogP contribution in [0.4, 0.5) is 8.78 Å². The van der Waals surface area contributed by atoms with Crippen LogP contribution in [0.2, 0.25) is 0 Å². The number of halogens is 2. The van der Waals surface area contributed by atoms with Crippen molar-refractivity contribution >= 4 is 5.97 Å². The predicted octanol–water partition coefficient (Wildman–Crippen LogP) is 2.94. The molecule has 6 heteroatoms. The number of carbonyl (C=O) groups is 1. The fourth-order valence-electron chi connectivity index (χ4n) is 1.18. The highest BCUT2D eigenvalue weighted by Crippen LogP contribution is 2.29. The second-order valence-corrected chi connectivity index (χ2v) is 3.23. The summed E-state index contributed by atoms with van der Waals surface area (Å²) >= 11 is 0. The molecule has 1 rings (SSSR count). The molecule has 1 aromatic carbocycles. The molecule has 4 nitrogen and oxygen atoms in total. The minimum atomic E-state index is -3.00. The van der Waals surface area contributed by atoms with Crippen LogP contribution in [0, 0.1) is 0 Å². The molecular formula is C12H12F2O4. The third-order valence-electron chi connectivity index (χ3n) is 1.98. The zero-order valence-electron chi connectivity index (χ0n) is 9.60. The summed E-state index contributed by atoms with van der Waals surface area (Å²) in [6.07, 6.45) is 3.37. The molecule has 0 bridgehead atoms. The molecule has 0 saturated carbocycles. The lowest BCUT2D eigenvalue weighted by molar-refractivity contribution is -0.0513. The van der Waals surface area contributed by atoms with Gasteiger partial charge in [-0.05, 0) is 25.1 Å². The zero-order chi connectivity index (χ0) is 13.5. The molecule has 0 saturated heterocycles. The van der Waals surface area contributed by atoms with Gasteiger partial charge in [0.15, 0.2) is 11.5 Å². The molecule has 0 amide bonds. The van der Waals surface area contributed by atoms with Crippen LogP contribution < -0.4 is 9.47 Å². The van der Waals surface area contributed by atoms with Crippen LogP contribution in [-0.4, -0.2) is 24.3 Å². The van der Waals surface area contributed by atoms with Crippen molar-refractivity contribution in [3.05, 3.63) is 35.9 Å². The van der Waals surface area contributed by atoms with Gasteiger partial charge in [-0.1, -0.05) is 12.2 Å². The number of aromatic carboxylic acids is 1. The van der Waals surface area contributed by atoms with Crippen LogP contribution >= 0.6 is 0 Å². The van der Waals surface area contributed by atoms with Crippen LogP contribution in [0.5, 0.6) is 11.5 Å². The van der Waals surface area contributed by atoms with Crippen molar-refractivity contribution in [2.45, 2.75) is 13.5 Å². The summed E-state index contributed by atoms with van der Waals surface area (Å²) in [6.45, 7) is -1.09. The van der Waals surface area contributed by atoms with Crippen molar-refractivity contribution in [2.24, 2.45) is 0 Å². The second kappa shape index (κ2) is 6.58. The molecule has 0 unspecified atom stereocenters. The summed E-state index contributed by atoms with van der Waals surface area (Å²) in [4.78, 5) is 10.8. The Hall–Kier alpha value is -2.11. The van der Waals surface area contributed by atoms with Gasteiger partial charge in [-0.25, -0.2) is 4.79 Å². The number of hydrogen-bond donors (Lipinski definition) is 1. The van der Waals surface area contributed by atoms with Crippen molar-refractivity contribution in [1.29, 1.82) is 0 Å². The van der Waals surface area contributed by atoms with E-state index in [1.54, 1.807) is 19.1 Å². The Balaban J connectivity index is 2.97. The van der Waals surface area contributed by atoms with Crippen molar-refractivity contribution in [2.75, 3.05) is 6.61 Å².